The Bertz CT molecular complexity index is 1340. The third kappa shape index (κ3) is 4.89. The number of rotatable bonds is 6. The van der Waals surface area contributed by atoms with E-state index in [2.05, 4.69) is 10.4 Å². The minimum Gasteiger partial charge on any atom is -0.463 e. The molecule has 0 saturated carbocycles. The van der Waals surface area contributed by atoms with Crippen LogP contribution < -0.4 is 5.32 Å². The summed E-state index contributed by atoms with van der Waals surface area (Å²) in [5, 5.41) is 7.97. The van der Waals surface area contributed by atoms with Crippen molar-refractivity contribution in [1.82, 2.24) is 14.7 Å². The Balaban J connectivity index is 1.57. The maximum Gasteiger partial charge on any atom is 0.274 e. The molecule has 4 rings (SSSR count). The number of carbonyl (C=O) groups excluding carboxylic acids is 2. The molecule has 0 aliphatic carbocycles. The van der Waals surface area contributed by atoms with Gasteiger partial charge in [-0.25, -0.2) is 4.68 Å². The Labute approximate surface area is 202 Å². The molecule has 7 nitrogen and oxygen atoms in total. The topological polar surface area (TPSA) is 80.4 Å². The van der Waals surface area contributed by atoms with E-state index in [1.54, 1.807) is 54.4 Å². The van der Waals surface area contributed by atoms with Crippen LogP contribution in [-0.4, -0.2) is 40.1 Å². The van der Waals surface area contributed by atoms with E-state index in [1.165, 1.54) is 4.90 Å². The average Bonchev–Trinajstić information content (AvgIpc) is 3.45. The Kier molecular flexibility index (Phi) is 6.56. The average molecular weight is 477 g/mol. The van der Waals surface area contributed by atoms with Crippen LogP contribution in [0.2, 0.25) is 5.02 Å². The molecule has 34 heavy (non-hydrogen) atoms. The Morgan fingerprint density at radius 1 is 1.06 bits per heavy atom. The minimum atomic E-state index is -0.388. The molecule has 2 heterocycles. The molecule has 1 N–H and O–H groups in total. The van der Waals surface area contributed by atoms with Gasteiger partial charge in [-0.1, -0.05) is 35.4 Å². The number of aromatic nitrogens is 2. The molecule has 0 aliphatic rings. The van der Waals surface area contributed by atoms with Gasteiger partial charge in [0.1, 0.15) is 5.69 Å². The van der Waals surface area contributed by atoms with Crippen molar-refractivity contribution in [2.45, 2.75) is 20.8 Å². The number of aryl methyl sites for hydroxylation is 3. The zero-order chi connectivity index (χ0) is 24.4. The molecule has 0 atom stereocenters. The van der Waals surface area contributed by atoms with Crippen molar-refractivity contribution in [2.24, 2.45) is 0 Å². The van der Waals surface area contributed by atoms with Gasteiger partial charge < -0.3 is 14.6 Å². The first-order valence-corrected chi connectivity index (χ1v) is 11.1. The zero-order valence-electron chi connectivity index (χ0n) is 19.4. The van der Waals surface area contributed by atoms with Crippen LogP contribution in [0.1, 0.15) is 27.2 Å². The number of furan rings is 1. The maximum atomic E-state index is 13.2. The highest BCUT2D eigenvalue weighted by molar-refractivity contribution is 6.30. The second-order valence-corrected chi connectivity index (χ2v) is 8.70. The van der Waals surface area contributed by atoms with Crippen LogP contribution in [0.25, 0.3) is 17.1 Å². The standard InChI is InChI=1S/C26H25ClN4O3/c1-16-11-17(2)25(18(3)12-16)28-24(32)15-30(4)26(33)21-14-22(23-9-6-10-34-23)31(29-21)20-8-5-7-19(27)13-20/h5-14H,15H2,1-4H3,(H,28,32). The van der Waals surface area contributed by atoms with E-state index in [-0.39, 0.29) is 24.1 Å². The minimum absolute atomic E-state index is 0.119. The molecule has 0 unspecified atom stereocenters. The first-order valence-electron chi connectivity index (χ1n) is 10.8. The lowest BCUT2D eigenvalue weighted by atomic mass is 10.1. The molecule has 0 fully saturated rings. The molecule has 0 saturated heterocycles. The summed E-state index contributed by atoms with van der Waals surface area (Å²) in [4.78, 5) is 27.2. The van der Waals surface area contributed by atoms with Crippen molar-refractivity contribution < 1.29 is 14.0 Å². The number of nitrogens with one attached hydrogen (secondary N) is 1. The normalized spacial score (nSPS) is 10.9. The van der Waals surface area contributed by atoms with Gasteiger partial charge >= 0.3 is 0 Å². The highest BCUT2D eigenvalue weighted by Crippen LogP contribution is 2.26. The second kappa shape index (κ2) is 9.57. The van der Waals surface area contributed by atoms with Gasteiger partial charge in [0.25, 0.3) is 5.91 Å². The summed E-state index contributed by atoms with van der Waals surface area (Å²) in [6.07, 6.45) is 1.55. The van der Waals surface area contributed by atoms with E-state index in [0.29, 0.717) is 22.2 Å². The van der Waals surface area contributed by atoms with Gasteiger partial charge in [0.15, 0.2) is 11.5 Å². The van der Waals surface area contributed by atoms with Crippen molar-refractivity contribution in [3.63, 3.8) is 0 Å². The van der Waals surface area contributed by atoms with Crippen molar-refractivity contribution in [3.8, 4) is 17.1 Å². The highest BCUT2D eigenvalue weighted by Gasteiger charge is 2.22. The monoisotopic (exact) mass is 476 g/mol. The molecule has 2 aromatic heterocycles. The summed E-state index contributed by atoms with van der Waals surface area (Å²) in [7, 11) is 1.57. The van der Waals surface area contributed by atoms with Crippen LogP contribution in [0.5, 0.6) is 0 Å². The van der Waals surface area contributed by atoms with E-state index >= 15 is 0 Å². The number of anilines is 1. The largest absolute Gasteiger partial charge is 0.463 e. The summed E-state index contributed by atoms with van der Waals surface area (Å²) in [5.41, 5.74) is 5.31. The number of nitrogens with zero attached hydrogens (tertiary/aromatic N) is 3. The first-order chi connectivity index (χ1) is 16.2. The van der Waals surface area contributed by atoms with Crippen molar-refractivity contribution in [2.75, 3.05) is 18.9 Å². The third-order valence-electron chi connectivity index (χ3n) is 5.42. The van der Waals surface area contributed by atoms with Crippen molar-refractivity contribution in [3.05, 3.63) is 88.3 Å². The highest BCUT2D eigenvalue weighted by atomic mass is 35.5. The number of hydrogen-bond acceptors (Lipinski definition) is 4. The van der Waals surface area contributed by atoms with Gasteiger partial charge in [-0.15, -0.1) is 0 Å². The van der Waals surface area contributed by atoms with Crippen LogP contribution >= 0.6 is 11.6 Å². The molecule has 0 radical (unpaired) electrons. The molecule has 4 aromatic rings. The molecule has 174 valence electrons. The molecule has 0 spiro atoms. The summed E-state index contributed by atoms with van der Waals surface area (Å²) in [5.74, 6) is -0.121. The van der Waals surface area contributed by atoms with Gasteiger partial charge in [0.05, 0.1) is 18.5 Å². The second-order valence-electron chi connectivity index (χ2n) is 8.27. The number of likely N-dealkylation sites (N-methyl/N-ethyl adjacent to an activating group) is 1. The van der Waals surface area contributed by atoms with E-state index in [4.69, 9.17) is 16.0 Å². The van der Waals surface area contributed by atoms with Crippen molar-refractivity contribution in [1.29, 1.82) is 0 Å². The predicted octanol–water partition coefficient (Wildman–Crippen LogP) is 5.42. The molecule has 2 amide bonds. The lowest BCUT2D eigenvalue weighted by Crippen LogP contribution is -2.35. The number of amides is 2. The Morgan fingerprint density at radius 3 is 2.44 bits per heavy atom. The lowest BCUT2D eigenvalue weighted by molar-refractivity contribution is -0.116. The number of benzene rings is 2. The van der Waals surface area contributed by atoms with E-state index in [9.17, 15) is 9.59 Å². The molecular weight excluding hydrogens is 452 g/mol. The van der Waals surface area contributed by atoms with Crippen molar-refractivity contribution >= 4 is 29.1 Å². The fourth-order valence-corrected chi connectivity index (χ4v) is 4.11. The van der Waals surface area contributed by atoms with Crippen LogP contribution in [0.4, 0.5) is 5.69 Å². The smallest absolute Gasteiger partial charge is 0.274 e. The summed E-state index contributed by atoms with van der Waals surface area (Å²) >= 11 is 6.16. The van der Waals surface area contributed by atoms with Crippen LogP contribution in [0, 0.1) is 20.8 Å². The Hall–Kier alpha value is -3.84. The maximum absolute atomic E-state index is 13.2. The fraction of sp³-hybridized carbons (Fsp3) is 0.192. The van der Waals surface area contributed by atoms with E-state index in [1.807, 2.05) is 39.0 Å². The van der Waals surface area contributed by atoms with Gasteiger partial charge in [0.2, 0.25) is 5.91 Å². The number of carbonyl (C=O) groups is 2. The van der Waals surface area contributed by atoms with Gasteiger partial charge in [0, 0.05) is 23.8 Å². The number of halogens is 1. The molecule has 8 heteroatoms. The van der Waals surface area contributed by atoms with E-state index in [0.717, 1.165) is 22.4 Å². The van der Waals surface area contributed by atoms with Crippen LogP contribution in [0.15, 0.2) is 65.3 Å². The SMILES string of the molecule is Cc1cc(C)c(NC(=O)CN(C)C(=O)c2cc(-c3ccco3)n(-c3cccc(Cl)c3)n2)c(C)c1. The molecule has 0 bridgehead atoms. The quantitative estimate of drug-likeness (QED) is 0.403. The van der Waals surface area contributed by atoms with E-state index < -0.39 is 0 Å². The third-order valence-corrected chi connectivity index (χ3v) is 5.66. The van der Waals surface area contributed by atoms with Crippen LogP contribution in [0.3, 0.4) is 0 Å². The Morgan fingerprint density at radius 2 is 1.79 bits per heavy atom. The number of hydrogen-bond donors (Lipinski definition) is 1. The van der Waals surface area contributed by atoms with Gasteiger partial charge in [-0.2, -0.15) is 5.10 Å². The first kappa shape index (κ1) is 23.3. The van der Waals surface area contributed by atoms with Gasteiger partial charge in [-0.05, 0) is 62.2 Å². The summed E-state index contributed by atoms with van der Waals surface area (Å²) in [6.45, 7) is 5.79. The zero-order valence-corrected chi connectivity index (χ0v) is 20.2. The fourth-order valence-electron chi connectivity index (χ4n) is 3.93. The molecule has 2 aromatic carbocycles. The lowest BCUT2D eigenvalue weighted by Gasteiger charge is -2.17. The molecular formula is C26H25ClN4O3. The molecule has 0 aliphatic heterocycles. The predicted molar refractivity (Wildman–Crippen MR) is 133 cm³/mol. The summed E-state index contributed by atoms with van der Waals surface area (Å²) < 4.78 is 7.15. The van der Waals surface area contributed by atoms with Crippen LogP contribution in [-0.2, 0) is 4.79 Å². The van der Waals surface area contributed by atoms with Gasteiger partial charge in [-0.3, -0.25) is 9.59 Å². The summed E-state index contributed by atoms with van der Waals surface area (Å²) in [6, 6.07) is 16.4.